The van der Waals surface area contributed by atoms with Crippen molar-refractivity contribution in [3.63, 3.8) is 0 Å². The third-order valence-corrected chi connectivity index (χ3v) is 8.05. The maximum Gasteiger partial charge on any atom is 0.138 e. The number of rotatable bonds is 2. The Kier molecular flexibility index (Phi) is 3.39. The lowest BCUT2D eigenvalue weighted by molar-refractivity contribution is -0.766. The van der Waals surface area contributed by atoms with Crippen LogP contribution in [0.2, 0.25) is 0 Å². The second-order valence-electron chi connectivity index (χ2n) is 9.82. The van der Waals surface area contributed by atoms with Gasteiger partial charge in [-0.05, 0) is 61.0 Å². The van der Waals surface area contributed by atoms with Crippen LogP contribution in [-0.4, -0.2) is 5.54 Å². The summed E-state index contributed by atoms with van der Waals surface area (Å²) >= 11 is 0. The summed E-state index contributed by atoms with van der Waals surface area (Å²) in [5.74, 6) is 3.07. The fourth-order valence-electron chi connectivity index (χ4n) is 7.48. The van der Waals surface area contributed by atoms with Crippen molar-refractivity contribution in [3.8, 4) is 0 Å². The maximum absolute atomic E-state index is 2.86. The van der Waals surface area contributed by atoms with Crippen LogP contribution in [0.25, 0.3) is 0 Å². The molecule has 26 heavy (non-hydrogen) atoms. The van der Waals surface area contributed by atoms with Crippen LogP contribution in [0.3, 0.4) is 0 Å². The molecule has 0 saturated heterocycles. The summed E-state index contributed by atoms with van der Waals surface area (Å²) in [7, 11) is 0. The number of hydrogen-bond donors (Lipinski definition) is 1. The van der Waals surface area contributed by atoms with E-state index in [-0.39, 0.29) is 0 Å². The van der Waals surface area contributed by atoms with Crippen molar-refractivity contribution < 1.29 is 5.32 Å². The summed E-state index contributed by atoms with van der Waals surface area (Å²) in [5, 5.41) is 2.86. The second-order valence-corrected chi connectivity index (χ2v) is 9.82. The molecular weight excluding hydrogens is 314 g/mol. The molecule has 0 atom stereocenters. The van der Waals surface area contributed by atoms with E-state index in [1.807, 2.05) is 0 Å². The van der Waals surface area contributed by atoms with Crippen LogP contribution < -0.4 is 5.32 Å². The van der Waals surface area contributed by atoms with Crippen LogP contribution in [0.5, 0.6) is 0 Å². The lowest BCUT2D eigenvalue weighted by atomic mass is 9.53. The molecule has 0 heterocycles. The zero-order valence-electron chi connectivity index (χ0n) is 15.7. The van der Waals surface area contributed by atoms with Crippen molar-refractivity contribution in [1.29, 1.82) is 0 Å². The minimum atomic E-state index is 0.501. The molecule has 7 rings (SSSR count). The third-order valence-electron chi connectivity index (χ3n) is 8.05. The Morgan fingerprint density at radius 3 is 1.62 bits per heavy atom. The Labute approximate surface area is 157 Å². The summed E-state index contributed by atoms with van der Waals surface area (Å²) in [6.07, 6.45) is 11.4. The van der Waals surface area contributed by atoms with E-state index in [1.54, 1.807) is 22.3 Å². The van der Waals surface area contributed by atoms with Crippen molar-refractivity contribution in [1.82, 2.24) is 0 Å². The fraction of sp³-hybridized carbons (Fsp3) is 0.520. The van der Waals surface area contributed by atoms with E-state index >= 15 is 0 Å². The van der Waals surface area contributed by atoms with Gasteiger partial charge in [0.05, 0.1) is 5.54 Å². The molecule has 1 nitrogen and oxygen atoms in total. The van der Waals surface area contributed by atoms with Gasteiger partial charge in [0.2, 0.25) is 0 Å². The van der Waals surface area contributed by atoms with Gasteiger partial charge in [-0.2, -0.15) is 0 Å². The Bertz CT molecular complexity index is 753. The van der Waals surface area contributed by atoms with Crippen LogP contribution in [0.1, 0.15) is 66.8 Å². The van der Waals surface area contributed by atoms with Crippen LogP contribution in [0.4, 0.5) is 0 Å². The minimum Gasteiger partial charge on any atom is -0.331 e. The zero-order chi connectivity index (χ0) is 17.1. The molecule has 0 unspecified atom stereocenters. The first-order valence-corrected chi connectivity index (χ1v) is 10.8. The van der Waals surface area contributed by atoms with Gasteiger partial charge in [0.15, 0.2) is 0 Å². The monoisotopic (exact) mass is 344 g/mol. The number of quaternary nitrogens is 1. The summed E-state index contributed by atoms with van der Waals surface area (Å²) in [6, 6.07) is 19.1. The number of hydrogen-bond acceptors (Lipinski definition) is 0. The Hall–Kier alpha value is -1.60. The van der Waals surface area contributed by atoms with E-state index in [0.29, 0.717) is 11.6 Å². The average Bonchev–Trinajstić information content (AvgIpc) is 2.78. The molecule has 4 bridgehead atoms. The molecule has 4 fully saturated rings. The summed E-state index contributed by atoms with van der Waals surface area (Å²) in [5.41, 5.74) is 6.86. The first-order valence-electron chi connectivity index (χ1n) is 10.8. The largest absolute Gasteiger partial charge is 0.331 e. The molecule has 0 aliphatic heterocycles. The van der Waals surface area contributed by atoms with Crippen molar-refractivity contribution >= 4 is 0 Å². The lowest BCUT2D eigenvalue weighted by Crippen LogP contribution is -2.99. The van der Waals surface area contributed by atoms with Crippen LogP contribution in [0, 0.1) is 17.8 Å². The second kappa shape index (κ2) is 5.70. The quantitative estimate of drug-likeness (QED) is 0.831. The molecule has 134 valence electrons. The Morgan fingerprint density at radius 2 is 1.12 bits per heavy atom. The molecule has 4 saturated carbocycles. The van der Waals surface area contributed by atoms with Gasteiger partial charge < -0.3 is 5.32 Å². The number of aryl methyl sites for hydroxylation is 2. The highest BCUT2D eigenvalue weighted by atomic mass is 15.0. The first kappa shape index (κ1) is 15.5. The highest BCUT2D eigenvalue weighted by Crippen LogP contribution is 2.54. The standard InChI is InChI=1S/C25H29N/c1-3-7-22-20(5-1)9-10-21-6-2-4-8-23(21)24(22)26-25-14-17-11-18(15-25)13-19(12-17)16-25/h1-8,17-19,24,26H,9-16H2/p+1. The topological polar surface area (TPSA) is 16.6 Å². The molecule has 2 N–H and O–H groups in total. The molecular formula is C25H30N+. The van der Waals surface area contributed by atoms with Gasteiger partial charge >= 0.3 is 0 Å². The minimum absolute atomic E-state index is 0.501. The van der Waals surface area contributed by atoms with E-state index in [9.17, 15) is 0 Å². The number of benzene rings is 2. The molecule has 2 aromatic carbocycles. The van der Waals surface area contributed by atoms with Crippen molar-refractivity contribution in [2.45, 2.75) is 62.9 Å². The molecule has 0 amide bonds. The molecule has 0 radical (unpaired) electrons. The van der Waals surface area contributed by atoms with Crippen LogP contribution >= 0.6 is 0 Å². The van der Waals surface area contributed by atoms with E-state index in [4.69, 9.17) is 0 Å². The van der Waals surface area contributed by atoms with E-state index in [2.05, 4.69) is 53.8 Å². The molecule has 5 aliphatic carbocycles. The predicted octanol–water partition coefficient (Wildman–Crippen LogP) is 4.41. The SMILES string of the molecule is c1ccc2c(c1)CCc1ccccc1C2[NH2+]C12CC3CC(CC(C3)C1)C2. The van der Waals surface area contributed by atoms with Gasteiger partial charge in [-0.15, -0.1) is 0 Å². The van der Waals surface area contributed by atoms with Crippen molar-refractivity contribution in [3.05, 3.63) is 70.8 Å². The van der Waals surface area contributed by atoms with E-state index < -0.39 is 0 Å². The Balaban J connectivity index is 1.44. The zero-order valence-corrected chi connectivity index (χ0v) is 15.7. The molecule has 1 heteroatoms. The van der Waals surface area contributed by atoms with Crippen molar-refractivity contribution in [2.24, 2.45) is 17.8 Å². The smallest absolute Gasteiger partial charge is 0.138 e. The van der Waals surface area contributed by atoms with Crippen LogP contribution in [0.15, 0.2) is 48.5 Å². The van der Waals surface area contributed by atoms with E-state index in [0.717, 1.165) is 17.8 Å². The van der Waals surface area contributed by atoms with Crippen LogP contribution in [-0.2, 0) is 12.8 Å². The van der Waals surface area contributed by atoms with Gasteiger partial charge in [-0.25, -0.2) is 0 Å². The van der Waals surface area contributed by atoms with Crippen molar-refractivity contribution in [2.75, 3.05) is 0 Å². The summed E-state index contributed by atoms with van der Waals surface area (Å²) < 4.78 is 0. The normalized spacial score (nSPS) is 35.0. The summed E-state index contributed by atoms with van der Waals surface area (Å²) in [6.45, 7) is 0. The molecule has 0 aromatic heterocycles. The van der Waals surface area contributed by atoms with E-state index in [1.165, 1.54) is 51.4 Å². The highest BCUT2D eigenvalue weighted by Gasteiger charge is 2.54. The third kappa shape index (κ3) is 2.40. The van der Waals surface area contributed by atoms with Gasteiger partial charge in [0.25, 0.3) is 0 Å². The van der Waals surface area contributed by atoms with Gasteiger partial charge in [-0.1, -0.05) is 48.5 Å². The maximum atomic E-state index is 2.86. The van der Waals surface area contributed by atoms with Gasteiger partial charge in [-0.3, -0.25) is 0 Å². The molecule has 5 aliphatic rings. The fourth-order valence-corrected chi connectivity index (χ4v) is 7.48. The van der Waals surface area contributed by atoms with Gasteiger partial charge in [0, 0.05) is 30.4 Å². The lowest BCUT2D eigenvalue weighted by Gasteiger charge is -2.55. The molecule has 0 spiro atoms. The number of fused-ring (bicyclic) bond motifs is 2. The average molecular weight is 345 g/mol. The number of nitrogens with two attached hydrogens (primary N) is 1. The van der Waals surface area contributed by atoms with Gasteiger partial charge in [0.1, 0.15) is 6.04 Å². The molecule has 2 aromatic rings. The highest BCUT2D eigenvalue weighted by molar-refractivity contribution is 5.42. The summed E-state index contributed by atoms with van der Waals surface area (Å²) in [4.78, 5) is 0. The Morgan fingerprint density at radius 1 is 0.654 bits per heavy atom. The predicted molar refractivity (Wildman–Crippen MR) is 105 cm³/mol. The first-order chi connectivity index (χ1) is 12.8.